The van der Waals surface area contributed by atoms with E-state index in [1.165, 1.54) is 0 Å². The molecule has 0 saturated carbocycles. The van der Waals surface area contributed by atoms with Gasteiger partial charge < -0.3 is 17.2 Å². The molecule has 7 N–H and O–H groups in total. The van der Waals surface area contributed by atoms with Crippen LogP contribution in [-0.4, -0.2) is 12.5 Å². The Hall–Kier alpha value is -0.770. The Labute approximate surface area is 49.5 Å². The molecule has 0 aromatic heterocycles. The van der Waals surface area contributed by atoms with Gasteiger partial charge in [-0.1, -0.05) is 6.92 Å². The fourth-order valence-corrected chi connectivity index (χ4v) is 0. The summed E-state index contributed by atoms with van der Waals surface area (Å²) in [6.45, 7) is 2.88. The monoisotopic (exact) mass is 118 g/mol. The fourth-order valence-electron chi connectivity index (χ4n) is 0. The van der Waals surface area contributed by atoms with Crippen LogP contribution in [0.5, 0.6) is 0 Å². The highest BCUT2D eigenvalue weighted by Gasteiger charge is 1.55. The molecule has 0 fully saturated rings. The van der Waals surface area contributed by atoms with E-state index in [-0.39, 0.29) is 5.96 Å². The number of rotatable bonds is 1. The van der Waals surface area contributed by atoms with Crippen molar-refractivity contribution in [2.45, 2.75) is 13.3 Å². The highest BCUT2D eigenvalue weighted by atomic mass is 14.9. The molecule has 50 valence electrons. The lowest BCUT2D eigenvalue weighted by Crippen LogP contribution is -2.20. The van der Waals surface area contributed by atoms with Crippen LogP contribution >= 0.6 is 0 Å². The molecule has 0 bridgehead atoms. The molecule has 0 aliphatic rings. The normalized spacial score (nSPS) is 6.75. The smallest absolute Gasteiger partial charge is 0.183 e. The van der Waals surface area contributed by atoms with Crippen LogP contribution in [0.25, 0.3) is 0 Å². The SMILES string of the molecule is CCCN.N=C(N)N. The molecule has 4 nitrogen and oxygen atoms in total. The summed E-state index contributed by atoms with van der Waals surface area (Å²) in [6.07, 6.45) is 1.10. The zero-order chi connectivity index (χ0) is 6.99. The number of hydrogen-bond acceptors (Lipinski definition) is 2. The molecule has 0 atom stereocenters. The van der Waals surface area contributed by atoms with Gasteiger partial charge in [-0.15, -0.1) is 0 Å². The summed E-state index contributed by atoms with van der Waals surface area (Å²) in [6, 6.07) is 0. The van der Waals surface area contributed by atoms with Crippen LogP contribution in [-0.2, 0) is 0 Å². The van der Waals surface area contributed by atoms with Crippen molar-refractivity contribution in [1.82, 2.24) is 0 Å². The maximum absolute atomic E-state index is 6.06. The number of hydrogen-bond donors (Lipinski definition) is 4. The minimum absolute atomic E-state index is 0.333. The molecule has 0 radical (unpaired) electrons. The van der Waals surface area contributed by atoms with Gasteiger partial charge in [-0.3, -0.25) is 5.41 Å². The van der Waals surface area contributed by atoms with E-state index in [0.717, 1.165) is 13.0 Å². The van der Waals surface area contributed by atoms with Gasteiger partial charge in [0.1, 0.15) is 0 Å². The standard InChI is InChI=1S/C3H9N.CH5N3/c1-2-3-4;2-1(3)4/h2-4H2,1H3;(H5,2,3,4). The average Bonchev–Trinajstić information content (AvgIpc) is 1.65. The molecule has 0 rings (SSSR count). The third-order valence-corrected chi connectivity index (χ3v) is 0.289. The minimum atomic E-state index is -0.333. The highest BCUT2D eigenvalue weighted by Crippen LogP contribution is 1.57. The molecule has 0 aliphatic heterocycles. The van der Waals surface area contributed by atoms with Gasteiger partial charge in [0.05, 0.1) is 0 Å². The van der Waals surface area contributed by atoms with Crippen molar-refractivity contribution in [2.75, 3.05) is 6.54 Å². The van der Waals surface area contributed by atoms with E-state index in [1.54, 1.807) is 0 Å². The van der Waals surface area contributed by atoms with Gasteiger partial charge in [0.15, 0.2) is 5.96 Å². The van der Waals surface area contributed by atoms with E-state index in [0.29, 0.717) is 0 Å². The van der Waals surface area contributed by atoms with E-state index in [2.05, 4.69) is 18.4 Å². The van der Waals surface area contributed by atoms with E-state index in [1.807, 2.05) is 0 Å². The van der Waals surface area contributed by atoms with E-state index in [4.69, 9.17) is 11.1 Å². The number of nitrogens with one attached hydrogen (secondary N) is 1. The molecular weight excluding hydrogens is 104 g/mol. The van der Waals surface area contributed by atoms with Crippen molar-refractivity contribution in [2.24, 2.45) is 17.2 Å². The summed E-state index contributed by atoms with van der Waals surface area (Å²) in [4.78, 5) is 0. The number of nitrogens with two attached hydrogens (primary N) is 3. The molecule has 0 saturated heterocycles. The maximum atomic E-state index is 6.06. The summed E-state index contributed by atoms with van der Waals surface area (Å²) in [5, 5.41) is 6.06. The summed E-state index contributed by atoms with van der Waals surface area (Å²) >= 11 is 0. The topological polar surface area (TPSA) is 102 Å². The molecule has 0 unspecified atom stereocenters. The van der Waals surface area contributed by atoms with Crippen LogP contribution < -0.4 is 17.2 Å². The van der Waals surface area contributed by atoms with Gasteiger partial charge in [-0.2, -0.15) is 0 Å². The molecule has 0 aromatic carbocycles. The Morgan fingerprint density at radius 1 is 1.50 bits per heavy atom. The molecular formula is C4H14N4. The minimum Gasteiger partial charge on any atom is -0.370 e. The Bertz CT molecular complexity index is 46.0. The van der Waals surface area contributed by atoms with Gasteiger partial charge >= 0.3 is 0 Å². The molecule has 4 heteroatoms. The third-order valence-electron chi connectivity index (χ3n) is 0.289. The highest BCUT2D eigenvalue weighted by molar-refractivity contribution is 5.71. The van der Waals surface area contributed by atoms with E-state index < -0.39 is 0 Å². The van der Waals surface area contributed by atoms with Crippen LogP contribution in [0.4, 0.5) is 0 Å². The molecule has 0 aliphatic carbocycles. The second-order valence-corrected chi connectivity index (χ2v) is 1.24. The Morgan fingerprint density at radius 2 is 1.62 bits per heavy atom. The molecule has 0 amide bonds. The second-order valence-electron chi connectivity index (χ2n) is 1.24. The first-order valence-corrected chi connectivity index (χ1v) is 2.44. The summed E-state index contributed by atoms with van der Waals surface area (Å²) in [5.41, 5.74) is 14.0. The van der Waals surface area contributed by atoms with Gasteiger partial charge in [0.2, 0.25) is 0 Å². The van der Waals surface area contributed by atoms with Crippen LogP contribution in [0.2, 0.25) is 0 Å². The molecule has 8 heavy (non-hydrogen) atoms. The van der Waals surface area contributed by atoms with Gasteiger partial charge in [-0.25, -0.2) is 0 Å². The van der Waals surface area contributed by atoms with E-state index in [9.17, 15) is 0 Å². The molecule has 0 spiro atoms. The summed E-state index contributed by atoms with van der Waals surface area (Å²) in [7, 11) is 0. The van der Waals surface area contributed by atoms with Crippen molar-refractivity contribution in [3.8, 4) is 0 Å². The van der Waals surface area contributed by atoms with Gasteiger partial charge in [0.25, 0.3) is 0 Å². The van der Waals surface area contributed by atoms with Gasteiger partial charge in [0, 0.05) is 0 Å². The summed E-state index contributed by atoms with van der Waals surface area (Å²) < 4.78 is 0. The van der Waals surface area contributed by atoms with Gasteiger partial charge in [-0.05, 0) is 13.0 Å². The zero-order valence-corrected chi connectivity index (χ0v) is 5.15. The Kier molecular flexibility index (Phi) is 12.2. The maximum Gasteiger partial charge on any atom is 0.183 e. The first kappa shape index (κ1) is 10.3. The third kappa shape index (κ3) is 1770. The first-order chi connectivity index (χ1) is 3.65. The lowest BCUT2D eigenvalue weighted by atomic mass is 10.5. The van der Waals surface area contributed by atoms with Crippen molar-refractivity contribution in [1.29, 1.82) is 5.41 Å². The van der Waals surface area contributed by atoms with E-state index >= 15 is 0 Å². The summed E-state index contributed by atoms with van der Waals surface area (Å²) in [5.74, 6) is -0.333. The Morgan fingerprint density at radius 3 is 1.62 bits per heavy atom. The quantitative estimate of drug-likeness (QED) is 0.267. The zero-order valence-electron chi connectivity index (χ0n) is 5.15. The van der Waals surface area contributed by atoms with Crippen molar-refractivity contribution in [3.63, 3.8) is 0 Å². The molecule has 0 heterocycles. The van der Waals surface area contributed by atoms with Crippen molar-refractivity contribution in [3.05, 3.63) is 0 Å². The first-order valence-electron chi connectivity index (χ1n) is 2.44. The molecule has 0 aromatic rings. The van der Waals surface area contributed by atoms with Crippen molar-refractivity contribution < 1.29 is 0 Å². The second kappa shape index (κ2) is 9.52. The Balaban J connectivity index is 0. The number of guanidine groups is 1. The predicted molar refractivity (Wildman–Crippen MR) is 35.4 cm³/mol. The van der Waals surface area contributed by atoms with Crippen LogP contribution in [0.15, 0.2) is 0 Å². The van der Waals surface area contributed by atoms with Crippen LogP contribution in [0.1, 0.15) is 13.3 Å². The lowest BCUT2D eigenvalue weighted by molar-refractivity contribution is 0.932. The lowest BCUT2D eigenvalue weighted by Gasteiger charge is -1.70. The fraction of sp³-hybridized carbons (Fsp3) is 0.750. The predicted octanol–water partition coefficient (Wildman–Crippen LogP) is -0.806. The van der Waals surface area contributed by atoms with Crippen LogP contribution in [0.3, 0.4) is 0 Å². The average molecular weight is 118 g/mol. The largest absolute Gasteiger partial charge is 0.370 e. The van der Waals surface area contributed by atoms with Crippen LogP contribution in [0, 0.1) is 5.41 Å². The van der Waals surface area contributed by atoms with Crippen molar-refractivity contribution >= 4 is 5.96 Å².